The molecule has 0 saturated heterocycles. The monoisotopic (exact) mass is 642 g/mol. The molecule has 0 bridgehead atoms. The van der Waals surface area contributed by atoms with E-state index in [1.165, 1.54) is 44.9 Å². The van der Waals surface area contributed by atoms with Crippen LogP contribution in [0.5, 0.6) is 0 Å². The number of aliphatic hydroxyl groups excluding tert-OH is 2. The first-order valence-electron chi connectivity index (χ1n) is 18.0. The zero-order valence-corrected chi connectivity index (χ0v) is 29.3. The first-order chi connectivity index (χ1) is 22.3. The predicted octanol–water partition coefficient (Wildman–Crippen LogP) is 9.83. The molecule has 0 saturated carbocycles. The summed E-state index contributed by atoms with van der Waals surface area (Å²) in [6.45, 7) is 6.34. The van der Waals surface area contributed by atoms with Gasteiger partial charge in [-0.05, 0) is 50.9 Å². The molecular weight excluding hydrogens is 576 g/mol. The molecule has 46 heavy (non-hydrogen) atoms. The number of hydrogen-bond acceptors (Lipinski definition) is 6. The quantitative estimate of drug-likeness (QED) is 0.0351. The van der Waals surface area contributed by atoms with Gasteiger partial charge in [0.1, 0.15) is 19.3 Å². The molecule has 0 fully saturated rings. The van der Waals surface area contributed by atoms with Gasteiger partial charge in [0.25, 0.3) is 0 Å². The highest BCUT2D eigenvalue weighted by molar-refractivity contribution is 5.70. The Hall–Kier alpha value is -2.70. The molecule has 6 heteroatoms. The summed E-state index contributed by atoms with van der Waals surface area (Å²) in [7, 11) is 0. The molecule has 2 atom stereocenters. The van der Waals surface area contributed by atoms with Crippen LogP contribution in [0.2, 0.25) is 0 Å². The topological polar surface area (TPSA) is 93.1 Å². The van der Waals surface area contributed by atoms with Crippen LogP contribution < -0.4 is 0 Å². The Labute approximate surface area is 281 Å². The van der Waals surface area contributed by atoms with Crippen LogP contribution >= 0.6 is 0 Å². The fourth-order valence-corrected chi connectivity index (χ4v) is 4.50. The van der Waals surface area contributed by atoms with Crippen LogP contribution in [-0.4, -0.2) is 47.6 Å². The lowest BCUT2D eigenvalue weighted by Crippen LogP contribution is -2.25. The molecule has 0 aliphatic carbocycles. The van der Waals surface area contributed by atoms with Crippen molar-refractivity contribution >= 4 is 11.9 Å². The van der Waals surface area contributed by atoms with Crippen molar-refractivity contribution in [3.63, 3.8) is 0 Å². The average Bonchev–Trinajstić information content (AvgIpc) is 3.03. The maximum absolute atomic E-state index is 11.9. The smallest absolute Gasteiger partial charge is 0.306 e. The summed E-state index contributed by atoms with van der Waals surface area (Å²) < 4.78 is 10.2. The van der Waals surface area contributed by atoms with E-state index in [1.807, 2.05) is 36.5 Å². The van der Waals surface area contributed by atoms with Crippen LogP contribution in [0.25, 0.3) is 0 Å². The minimum atomic E-state index is -1.01. The maximum Gasteiger partial charge on any atom is 0.306 e. The van der Waals surface area contributed by atoms with Crippen LogP contribution in [-0.2, 0) is 19.1 Å². The Morgan fingerprint density at radius 3 is 1.76 bits per heavy atom. The standard InChI is InChI=1S/C40H66O6/c1-4-5-6-7-20-25-30-37(41)31-26-21-16-12-8-9-13-17-22-27-32-39(43)45-34-38(42)35-46-40(44)33-28-23-18-14-10-11-15-19-24-29-36(2)3/h5-6,8-9,16-17,20-22,25-26,31,36-38,41-42H,4,7,10-15,18-19,23-24,27-30,32-35H2,1-3H3/b6-5-,9-8-,21-16-,22-17-,25-20-,31-26+/t37?,38-/m0/s1. The van der Waals surface area contributed by atoms with Crippen LogP contribution in [0.15, 0.2) is 72.9 Å². The molecular formula is C40H66O6. The van der Waals surface area contributed by atoms with E-state index in [1.54, 1.807) is 6.08 Å². The van der Waals surface area contributed by atoms with Crippen molar-refractivity contribution in [3.05, 3.63) is 72.9 Å². The minimum Gasteiger partial charge on any atom is -0.463 e. The largest absolute Gasteiger partial charge is 0.463 e. The second kappa shape index (κ2) is 33.7. The Balaban J connectivity index is 3.70. The lowest BCUT2D eigenvalue weighted by atomic mass is 10.0. The molecule has 0 aliphatic rings. The number of allylic oxidation sites excluding steroid dienone is 10. The second-order valence-electron chi connectivity index (χ2n) is 12.3. The van der Waals surface area contributed by atoms with Gasteiger partial charge in [0, 0.05) is 12.8 Å². The molecule has 0 spiro atoms. The number of aliphatic hydroxyl groups is 2. The highest BCUT2D eigenvalue weighted by atomic mass is 16.6. The van der Waals surface area contributed by atoms with Crippen molar-refractivity contribution in [2.45, 2.75) is 149 Å². The van der Waals surface area contributed by atoms with Gasteiger partial charge in [-0.15, -0.1) is 0 Å². The third-order valence-electron chi connectivity index (χ3n) is 7.23. The first-order valence-corrected chi connectivity index (χ1v) is 18.0. The zero-order valence-electron chi connectivity index (χ0n) is 29.3. The van der Waals surface area contributed by atoms with Gasteiger partial charge in [-0.3, -0.25) is 9.59 Å². The molecule has 0 aromatic rings. The van der Waals surface area contributed by atoms with Crippen molar-refractivity contribution in [1.29, 1.82) is 0 Å². The number of unbranched alkanes of at least 4 members (excludes halogenated alkanes) is 8. The molecule has 0 radical (unpaired) electrons. The number of carbonyl (C=O) groups is 2. The van der Waals surface area contributed by atoms with E-state index in [4.69, 9.17) is 9.47 Å². The van der Waals surface area contributed by atoms with Crippen molar-refractivity contribution < 1.29 is 29.3 Å². The van der Waals surface area contributed by atoms with Gasteiger partial charge in [0.15, 0.2) is 0 Å². The molecule has 0 aromatic heterocycles. The molecule has 262 valence electrons. The van der Waals surface area contributed by atoms with Gasteiger partial charge in [0.2, 0.25) is 0 Å². The summed E-state index contributed by atoms with van der Waals surface area (Å²) >= 11 is 0. The Kier molecular flexibility index (Phi) is 31.7. The van der Waals surface area contributed by atoms with Crippen LogP contribution in [0.1, 0.15) is 136 Å². The van der Waals surface area contributed by atoms with E-state index < -0.39 is 12.2 Å². The Morgan fingerprint density at radius 2 is 1.13 bits per heavy atom. The lowest BCUT2D eigenvalue weighted by Gasteiger charge is -2.12. The number of hydrogen-bond donors (Lipinski definition) is 2. The van der Waals surface area contributed by atoms with Crippen molar-refractivity contribution in [2.75, 3.05) is 13.2 Å². The van der Waals surface area contributed by atoms with Gasteiger partial charge in [-0.25, -0.2) is 0 Å². The lowest BCUT2D eigenvalue weighted by molar-refractivity contribution is -0.152. The van der Waals surface area contributed by atoms with Crippen LogP contribution in [0.4, 0.5) is 0 Å². The fourth-order valence-electron chi connectivity index (χ4n) is 4.50. The zero-order chi connectivity index (χ0) is 33.9. The molecule has 1 unspecified atom stereocenters. The molecule has 2 N–H and O–H groups in total. The SMILES string of the molecule is CC/C=C\C/C=C\CC(O)/C=C/C=C\C/C=C\C/C=C\CCC(=O)OC[C@H](O)COC(=O)CCCCCCCCCCCC(C)C. The molecule has 0 aliphatic heterocycles. The van der Waals surface area contributed by atoms with E-state index in [0.717, 1.165) is 50.9 Å². The highest BCUT2D eigenvalue weighted by Crippen LogP contribution is 2.13. The van der Waals surface area contributed by atoms with Gasteiger partial charge >= 0.3 is 11.9 Å². The molecule has 0 rings (SSSR count). The Morgan fingerprint density at radius 1 is 0.609 bits per heavy atom. The van der Waals surface area contributed by atoms with Crippen LogP contribution in [0.3, 0.4) is 0 Å². The summed E-state index contributed by atoms with van der Waals surface area (Å²) in [4.78, 5) is 23.8. The van der Waals surface area contributed by atoms with Gasteiger partial charge in [-0.1, -0.05) is 151 Å². The fraction of sp³-hybridized carbons (Fsp3) is 0.650. The summed E-state index contributed by atoms with van der Waals surface area (Å²) in [5, 5.41) is 19.9. The summed E-state index contributed by atoms with van der Waals surface area (Å²) in [6, 6.07) is 0. The van der Waals surface area contributed by atoms with E-state index in [9.17, 15) is 19.8 Å². The van der Waals surface area contributed by atoms with Crippen molar-refractivity contribution in [1.82, 2.24) is 0 Å². The number of ether oxygens (including phenoxy) is 2. The highest BCUT2D eigenvalue weighted by Gasteiger charge is 2.11. The second-order valence-corrected chi connectivity index (χ2v) is 12.3. The normalized spacial score (nSPS) is 13.9. The van der Waals surface area contributed by atoms with Gasteiger partial charge in [0.05, 0.1) is 6.10 Å². The average molecular weight is 643 g/mol. The minimum absolute atomic E-state index is 0.155. The number of carbonyl (C=O) groups excluding carboxylic acids is 2. The number of esters is 2. The van der Waals surface area contributed by atoms with E-state index in [0.29, 0.717) is 19.3 Å². The van der Waals surface area contributed by atoms with E-state index in [-0.39, 0.29) is 31.6 Å². The molecule has 0 heterocycles. The summed E-state index contributed by atoms with van der Waals surface area (Å²) in [5.74, 6) is 0.111. The first kappa shape index (κ1) is 43.3. The van der Waals surface area contributed by atoms with Crippen molar-refractivity contribution in [3.8, 4) is 0 Å². The van der Waals surface area contributed by atoms with E-state index >= 15 is 0 Å². The summed E-state index contributed by atoms with van der Waals surface area (Å²) in [5.41, 5.74) is 0. The van der Waals surface area contributed by atoms with Crippen molar-refractivity contribution in [2.24, 2.45) is 5.92 Å². The third kappa shape index (κ3) is 34.2. The van der Waals surface area contributed by atoms with Gasteiger partial charge < -0.3 is 19.7 Å². The number of rotatable bonds is 30. The Bertz CT molecular complexity index is 895. The molecule has 0 amide bonds. The molecule has 0 aromatic carbocycles. The van der Waals surface area contributed by atoms with E-state index in [2.05, 4.69) is 51.2 Å². The van der Waals surface area contributed by atoms with Crippen LogP contribution in [0, 0.1) is 5.92 Å². The third-order valence-corrected chi connectivity index (χ3v) is 7.23. The van der Waals surface area contributed by atoms with Gasteiger partial charge in [-0.2, -0.15) is 0 Å². The predicted molar refractivity (Wildman–Crippen MR) is 192 cm³/mol. The summed E-state index contributed by atoms with van der Waals surface area (Å²) in [6.07, 6.45) is 40.0. The molecule has 6 nitrogen and oxygen atoms in total. The maximum atomic E-state index is 11.9.